The Balaban J connectivity index is 2.54. The molecule has 1 aromatic carbocycles. The van der Waals surface area contributed by atoms with Crippen molar-refractivity contribution in [3.05, 3.63) is 17.7 Å². The van der Waals surface area contributed by atoms with Crippen molar-refractivity contribution in [3.8, 4) is 17.2 Å². The number of phenolic OH excluding ortho intramolecular Hbond substituents is 1. The fourth-order valence-corrected chi connectivity index (χ4v) is 1.74. The van der Waals surface area contributed by atoms with Gasteiger partial charge in [-0.05, 0) is 26.0 Å². The molecule has 1 heterocycles. The molecule has 1 aliphatic rings. The van der Waals surface area contributed by atoms with E-state index in [2.05, 4.69) is 0 Å². The van der Waals surface area contributed by atoms with Crippen molar-refractivity contribution < 1.29 is 24.1 Å². The van der Waals surface area contributed by atoms with Crippen LogP contribution in [0.5, 0.6) is 17.2 Å². The summed E-state index contributed by atoms with van der Waals surface area (Å²) in [6, 6.07) is 2.96. The molecule has 2 rings (SSSR count). The Labute approximate surface area is 105 Å². The number of phenols is 1. The Morgan fingerprint density at radius 2 is 1.94 bits per heavy atom. The van der Waals surface area contributed by atoms with Gasteiger partial charge in [-0.25, -0.2) is 4.79 Å². The van der Waals surface area contributed by atoms with Gasteiger partial charge in [0.1, 0.15) is 11.3 Å². The minimum Gasteiger partial charge on any atom is -0.504 e. The first-order valence-electron chi connectivity index (χ1n) is 5.75. The highest BCUT2D eigenvalue weighted by Gasteiger charge is 2.38. The zero-order valence-corrected chi connectivity index (χ0v) is 10.8. The van der Waals surface area contributed by atoms with Crippen molar-refractivity contribution >= 4 is 5.97 Å². The van der Waals surface area contributed by atoms with Crippen LogP contribution in [-0.2, 0) is 4.74 Å². The summed E-state index contributed by atoms with van der Waals surface area (Å²) in [5.41, 5.74) is 0.128. The second-order valence-electron chi connectivity index (χ2n) is 4.84. The van der Waals surface area contributed by atoms with Gasteiger partial charge in [-0.1, -0.05) is 0 Å². The molecule has 18 heavy (non-hydrogen) atoms. The van der Waals surface area contributed by atoms with Gasteiger partial charge in [0.15, 0.2) is 11.5 Å². The fourth-order valence-electron chi connectivity index (χ4n) is 1.74. The van der Waals surface area contributed by atoms with Crippen molar-refractivity contribution in [1.29, 1.82) is 0 Å². The molecule has 0 aliphatic carbocycles. The molecule has 0 unspecified atom stereocenters. The third-order valence-corrected chi connectivity index (χ3v) is 2.35. The molecule has 0 aromatic heterocycles. The van der Waals surface area contributed by atoms with Crippen LogP contribution in [0.1, 0.15) is 38.1 Å². The third-order valence-electron chi connectivity index (χ3n) is 2.35. The summed E-state index contributed by atoms with van der Waals surface area (Å²) >= 11 is 0. The van der Waals surface area contributed by atoms with Crippen LogP contribution in [0.25, 0.3) is 0 Å². The molecule has 1 aromatic rings. The average Bonchev–Trinajstić information content (AvgIpc) is 2.20. The van der Waals surface area contributed by atoms with Gasteiger partial charge in [0.25, 0.3) is 0 Å². The molecule has 0 fully saturated rings. The summed E-state index contributed by atoms with van der Waals surface area (Å²) in [7, 11) is 0. The summed E-state index contributed by atoms with van der Waals surface area (Å²) < 4.78 is 16.1. The Kier molecular flexibility index (Phi) is 2.84. The van der Waals surface area contributed by atoms with Gasteiger partial charge in [-0.3, -0.25) is 0 Å². The first-order valence-corrected chi connectivity index (χ1v) is 5.75. The molecule has 0 amide bonds. The van der Waals surface area contributed by atoms with Crippen LogP contribution >= 0.6 is 0 Å². The number of carbonyl (C=O) groups excluding carboxylic acids is 1. The van der Waals surface area contributed by atoms with E-state index in [-0.39, 0.29) is 23.2 Å². The molecule has 0 spiro atoms. The van der Waals surface area contributed by atoms with E-state index >= 15 is 0 Å². The van der Waals surface area contributed by atoms with E-state index in [1.165, 1.54) is 12.1 Å². The third kappa shape index (κ3) is 2.20. The van der Waals surface area contributed by atoms with Crippen molar-refractivity contribution in [2.45, 2.75) is 39.6 Å². The van der Waals surface area contributed by atoms with Gasteiger partial charge in [0, 0.05) is 13.8 Å². The maximum absolute atomic E-state index is 12.0. The zero-order valence-electron chi connectivity index (χ0n) is 10.8. The van der Waals surface area contributed by atoms with E-state index in [0.717, 1.165) is 0 Å². The molecular weight excluding hydrogens is 236 g/mol. The van der Waals surface area contributed by atoms with Gasteiger partial charge in [0.2, 0.25) is 5.79 Å². The van der Waals surface area contributed by atoms with E-state index in [1.54, 1.807) is 13.8 Å². The van der Waals surface area contributed by atoms with Crippen LogP contribution in [0.2, 0.25) is 0 Å². The van der Waals surface area contributed by atoms with Crippen molar-refractivity contribution in [3.63, 3.8) is 0 Å². The predicted octanol–water partition coefficient (Wildman–Crippen LogP) is 2.46. The van der Waals surface area contributed by atoms with Gasteiger partial charge < -0.3 is 19.3 Å². The van der Waals surface area contributed by atoms with Crippen LogP contribution in [0.3, 0.4) is 0 Å². The molecule has 98 valence electrons. The maximum Gasteiger partial charge on any atom is 0.349 e. The lowest BCUT2D eigenvalue weighted by atomic mass is 10.1. The normalized spacial score (nSPS) is 16.8. The minimum atomic E-state index is -1.10. The first kappa shape index (κ1) is 12.5. The lowest BCUT2D eigenvalue weighted by molar-refractivity contribution is -0.128. The molecule has 0 saturated heterocycles. The SMILES string of the molecule is CC(C)Oc1ccc(O)c2c1C(=O)OC(C)(C)O2. The van der Waals surface area contributed by atoms with E-state index in [1.807, 2.05) is 13.8 Å². The smallest absolute Gasteiger partial charge is 0.349 e. The summed E-state index contributed by atoms with van der Waals surface area (Å²) in [6.45, 7) is 6.89. The number of fused-ring (bicyclic) bond motifs is 1. The highest BCUT2D eigenvalue weighted by molar-refractivity contribution is 5.97. The van der Waals surface area contributed by atoms with Crippen LogP contribution in [0.15, 0.2) is 12.1 Å². The van der Waals surface area contributed by atoms with E-state index in [9.17, 15) is 9.90 Å². The standard InChI is InChI=1S/C13H16O5/c1-7(2)16-9-6-5-8(14)11-10(9)12(15)18-13(3,4)17-11/h5-7,14H,1-4H3. The number of cyclic esters (lactones) is 1. The van der Waals surface area contributed by atoms with E-state index in [0.29, 0.717) is 5.75 Å². The van der Waals surface area contributed by atoms with Gasteiger partial charge in [0.05, 0.1) is 6.10 Å². The molecule has 0 radical (unpaired) electrons. The quantitative estimate of drug-likeness (QED) is 0.819. The lowest BCUT2D eigenvalue weighted by Gasteiger charge is -2.32. The molecule has 0 bridgehead atoms. The molecule has 1 N–H and O–H groups in total. The second kappa shape index (κ2) is 4.08. The number of ether oxygens (including phenoxy) is 3. The molecule has 0 saturated carbocycles. The number of esters is 1. The number of hydrogen-bond acceptors (Lipinski definition) is 5. The predicted molar refractivity (Wildman–Crippen MR) is 64.0 cm³/mol. The maximum atomic E-state index is 12.0. The van der Waals surface area contributed by atoms with Crippen molar-refractivity contribution in [1.82, 2.24) is 0 Å². The highest BCUT2D eigenvalue weighted by atomic mass is 16.7. The summed E-state index contributed by atoms with van der Waals surface area (Å²) in [5, 5.41) is 9.78. The Hall–Kier alpha value is -1.91. The van der Waals surface area contributed by atoms with E-state index < -0.39 is 11.8 Å². The minimum absolute atomic E-state index is 0.0959. The molecule has 1 aliphatic heterocycles. The summed E-state index contributed by atoms with van der Waals surface area (Å²) in [6.07, 6.45) is -0.0959. The topological polar surface area (TPSA) is 65.0 Å². The van der Waals surface area contributed by atoms with Gasteiger partial charge >= 0.3 is 5.97 Å². The molecule has 0 atom stereocenters. The van der Waals surface area contributed by atoms with Gasteiger partial charge in [-0.15, -0.1) is 0 Å². The number of benzene rings is 1. The highest BCUT2D eigenvalue weighted by Crippen LogP contribution is 2.43. The lowest BCUT2D eigenvalue weighted by Crippen LogP contribution is -2.39. The molecule has 5 heteroatoms. The number of rotatable bonds is 2. The Morgan fingerprint density at radius 1 is 1.28 bits per heavy atom. The van der Waals surface area contributed by atoms with Crippen molar-refractivity contribution in [2.75, 3.05) is 0 Å². The largest absolute Gasteiger partial charge is 0.504 e. The summed E-state index contributed by atoms with van der Waals surface area (Å²) in [5.74, 6) is -1.32. The number of carbonyl (C=O) groups is 1. The van der Waals surface area contributed by atoms with E-state index in [4.69, 9.17) is 14.2 Å². The molecular formula is C13H16O5. The van der Waals surface area contributed by atoms with Crippen LogP contribution in [0, 0.1) is 0 Å². The van der Waals surface area contributed by atoms with Gasteiger partial charge in [-0.2, -0.15) is 0 Å². The van der Waals surface area contributed by atoms with Crippen LogP contribution in [0.4, 0.5) is 0 Å². The number of aromatic hydroxyl groups is 1. The average molecular weight is 252 g/mol. The monoisotopic (exact) mass is 252 g/mol. The number of hydrogen-bond donors (Lipinski definition) is 1. The zero-order chi connectivity index (χ0) is 13.5. The first-order chi connectivity index (χ1) is 8.30. The Morgan fingerprint density at radius 3 is 2.56 bits per heavy atom. The van der Waals surface area contributed by atoms with Crippen molar-refractivity contribution in [2.24, 2.45) is 0 Å². The Bertz CT molecular complexity index is 490. The molecule has 5 nitrogen and oxygen atoms in total. The van der Waals surface area contributed by atoms with Crippen LogP contribution < -0.4 is 9.47 Å². The second-order valence-corrected chi connectivity index (χ2v) is 4.84. The summed E-state index contributed by atoms with van der Waals surface area (Å²) in [4.78, 5) is 12.0. The van der Waals surface area contributed by atoms with Crippen LogP contribution in [-0.4, -0.2) is 23.0 Å². The fraction of sp³-hybridized carbons (Fsp3) is 0.462.